The number of nitrogens with one attached hydrogen (secondary N) is 3. The minimum atomic E-state index is -0.134. The van der Waals surface area contributed by atoms with E-state index in [1.807, 2.05) is 0 Å². The molecule has 8 heteroatoms. The summed E-state index contributed by atoms with van der Waals surface area (Å²) < 4.78 is 4.85. The van der Waals surface area contributed by atoms with Crippen molar-refractivity contribution in [3.63, 3.8) is 0 Å². The molecular weight excluding hydrogens is 224 g/mol. The van der Waals surface area contributed by atoms with E-state index in [0.29, 0.717) is 32.2 Å². The second kappa shape index (κ2) is 9.67. The number of nitrogens with zero attached hydrogens (tertiary/aromatic N) is 2. The van der Waals surface area contributed by atoms with Crippen LogP contribution < -0.4 is 21.9 Å². The fourth-order valence-electron chi connectivity index (χ4n) is 0.910. The summed E-state index contributed by atoms with van der Waals surface area (Å²) in [5.74, 6) is 5.74. The zero-order valence-corrected chi connectivity index (χ0v) is 10.6. The Morgan fingerprint density at radius 1 is 1.35 bits per heavy atom. The van der Waals surface area contributed by atoms with Crippen molar-refractivity contribution in [2.75, 3.05) is 47.4 Å². The zero-order chi connectivity index (χ0) is 13.1. The number of hydrogen-bond donors (Lipinski definition) is 4. The van der Waals surface area contributed by atoms with Crippen molar-refractivity contribution < 1.29 is 9.53 Å². The average molecular weight is 246 g/mol. The van der Waals surface area contributed by atoms with Crippen molar-refractivity contribution in [2.24, 2.45) is 10.8 Å². The van der Waals surface area contributed by atoms with Crippen molar-refractivity contribution in [3.05, 3.63) is 0 Å². The molecule has 0 aromatic carbocycles. The summed E-state index contributed by atoms with van der Waals surface area (Å²) >= 11 is 0. The number of carbonyl (C=O) groups is 1. The summed E-state index contributed by atoms with van der Waals surface area (Å²) in [5.41, 5.74) is 2.43. The Morgan fingerprint density at radius 3 is 2.53 bits per heavy atom. The van der Waals surface area contributed by atoms with Crippen LogP contribution in [0.4, 0.5) is 4.79 Å². The molecule has 0 unspecified atom stereocenters. The summed E-state index contributed by atoms with van der Waals surface area (Å²) in [7, 11) is 4.97. The molecule has 0 aromatic heterocycles. The molecule has 0 radical (unpaired) electrons. The predicted octanol–water partition coefficient (Wildman–Crippen LogP) is -1.69. The molecule has 0 saturated heterocycles. The van der Waals surface area contributed by atoms with Crippen LogP contribution in [0.2, 0.25) is 0 Å². The SMILES string of the molecule is COCCN=C(NN)NCCNC(=O)N(C)C. The third-order valence-corrected chi connectivity index (χ3v) is 1.80. The van der Waals surface area contributed by atoms with E-state index < -0.39 is 0 Å². The smallest absolute Gasteiger partial charge is 0.316 e. The second-order valence-electron chi connectivity index (χ2n) is 3.42. The van der Waals surface area contributed by atoms with Crippen LogP contribution in [0.25, 0.3) is 0 Å². The van der Waals surface area contributed by atoms with Gasteiger partial charge in [0.2, 0.25) is 5.96 Å². The molecule has 0 aromatic rings. The fraction of sp³-hybridized carbons (Fsp3) is 0.778. The van der Waals surface area contributed by atoms with Gasteiger partial charge in [0.1, 0.15) is 0 Å². The van der Waals surface area contributed by atoms with Gasteiger partial charge in [0.25, 0.3) is 0 Å². The minimum Gasteiger partial charge on any atom is -0.383 e. The van der Waals surface area contributed by atoms with Gasteiger partial charge in [-0.25, -0.2) is 15.6 Å². The average Bonchev–Trinajstić information content (AvgIpc) is 2.31. The molecule has 0 aliphatic carbocycles. The van der Waals surface area contributed by atoms with Gasteiger partial charge in [-0.15, -0.1) is 0 Å². The van der Waals surface area contributed by atoms with Crippen molar-refractivity contribution in [1.29, 1.82) is 0 Å². The Balaban J connectivity index is 3.69. The number of nitrogens with two attached hydrogens (primary N) is 1. The highest BCUT2D eigenvalue weighted by Gasteiger charge is 2.01. The van der Waals surface area contributed by atoms with E-state index in [1.54, 1.807) is 21.2 Å². The number of aliphatic imine (C=N–C) groups is 1. The van der Waals surface area contributed by atoms with Gasteiger partial charge in [0.15, 0.2) is 0 Å². The van der Waals surface area contributed by atoms with Gasteiger partial charge in [0, 0.05) is 34.3 Å². The Kier molecular flexibility index (Phi) is 8.79. The lowest BCUT2D eigenvalue weighted by atomic mass is 10.6. The summed E-state index contributed by atoms with van der Waals surface area (Å²) in [6.45, 7) is 2.08. The fourth-order valence-corrected chi connectivity index (χ4v) is 0.910. The second-order valence-corrected chi connectivity index (χ2v) is 3.42. The van der Waals surface area contributed by atoms with Gasteiger partial charge < -0.3 is 20.3 Å². The van der Waals surface area contributed by atoms with Gasteiger partial charge in [-0.3, -0.25) is 5.43 Å². The van der Waals surface area contributed by atoms with Gasteiger partial charge in [-0.1, -0.05) is 0 Å². The van der Waals surface area contributed by atoms with Crippen LogP contribution in [-0.4, -0.2) is 64.3 Å². The molecule has 0 spiro atoms. The van der Waals surface area contributed by atoms with E-state index in [0.717, 1.165) is 0 Å². The molecule has 0 atom stereocenters. The Bertz CT molecular complexity index is 244. The molecule has 100 valence electrons. The van der Waals surface area contributed by atoms with Gasteiger partial charge in [-0.05, 0) is 0 Å². The van der Waals surface area contributed by atoms with E-state index in [4.69, 9.17) is 10.6 Å². The van der Waals surface area contributed by atoms with Gasteiger partial charge in [-0.2, -0.15) is 0 Å². The normalized spacial score (nSPS) is 10.9. The molecule has 5 N–H and O–H groups in total. The van der Waals surface area contributed by atoms with Crippen LogP contribution in [0.3, 0.4) is 0 Å². The van der Waals surface area contributed by atoms with E-state index in [9.17, 15) is 4.79 Å². The molecule has 0 saturated carbocycles. The number of guanidine groups is 1. The molecule has 8 nitrogen and oxygen atoms in total. The summed E-state index contributed by atoms with van der Waals surface area (Å²) in [5, 5.41) is 5.65. The van der Waals surface area contributed by atoms with Gasteiger partial charge >= 0.3 is 6.03 Å². The number of urea groups is 1. The lowest BCUT2D eigenvalue weighted by Crippen LogP contribution is -2.45. The summed E-state index contributed by atoms with van der Waals surface area (Å²) in [4.78, 5) is 16.7. The standard InChI is InChI=1S/C9H22N6O2/c1-15(2)9(16)13-5-4-11-8(14-10)12-6-7-17-3/h4-7,10H2,1-3H3,(H,13,16)(H2,11,12,14). The van der Waals surface area contributed by atoms with E-state index in [2.05, 4.69) is 21.1 Å². The highest BCUT2D eigenvalue weighted by Crippen LogP contribution is 1.76. The number of amides is 2. The summed E-state index contributed by atoms with van der Waals surface area (Å²) in [6, 6.07) is -0.134. The third kappa shape index (κ3) is 8.29. The van der Waals surface area contributed by atoms with Gasteiger partial charge in [0.05, 0.1) is 13.2 Å². The molecule has 0 fully saturated rings. The first-order valence-electron chi connectivity index (χ1n) is 5.30. The van der Waals surface area contributed by atoms with Crippen LogP contribution in [0.15, 0.2) is 4.99 Å². The number of hydrogen-bond acceptors (Lipinski definition) is 4. The topological polar surface area (TPSA) is 104 Å². The number of carbonyl (C=O) groups excluding carboxylic acids is 1. The van der Waals surface area contributed by atoms with E-state index in [1.165, 1.54) is 4.90 Å². The predicted molar refractivity (Wildman–Crippen MR) is 66.6 cm³/mol. The maximum atomic E-state index is 11.2. The maximum absolute atomic E-state index is 11.2. The monoisotopic (exact) mass is 246 g/mol. The number of ether oxygens (including phenoxy) is 1. The zero-order valence-electron chi connectivity index (χ0n) is 10.6. The lowest BCUT2D eigenvalue weighted by molar-refractivity contribution is 0.208. The molecule has 2 amide bonds. The molecule has 0 aliphatic rings. The lowest BCUT2D eigenvalue weighted by Gasteiger charge is -2.13. The van der Waals surface area contributed by atoms with Crippen molar-refractivity contribution >= 4 is 12.0 Å². The van der Waals surface area contributed by atoms with Crippen molar-refractivity contribution in [1.82, 2.24) is 21.0 Å². The first kappa shape index (κ1) is 15.5. The Labute approximate surface area is 102 Å². The van der Waals surface area contributed by atoms with Crippen LogP contribution in [0, 0.1) is 0 Å². The van der Waals surface area contributed by atoms with Crippen molar-refractivity contribution in [3.8, 4) is 0 Å². The van der Waals surface area contributed by atoms with Crippen LogP contribution in [0.1, 0.15) is 0 Å². The quantitative estimate of drug-likeness (QED) is 0.147. The molecule has 0 rings (SSSR count). The molecule has 0 aliphatic heterocycles. The third-order valence-electron chi connectivity index (χ3n) is 1.80. The first-order valence-corrected chi connectivity index (χ1v) is 5.30. The molecule has 17 heavy (non-hydrogen) atoms. The van der Waals surface area contributed by atoms with Crippen LogP contribution in [-0.2, 0) is 4.74 Å². The number of methoxy groups -OCH3 is 1. The highest BCUT2D eigenvalue weighted by molar-refractivity contribution is 5.79. The van der Waals surface area contributed by atoms with Crippen LogP contribution in [0.5, 0.6) is 0 Å². The Hall–Kier alpha value is -1.54. The minimum absolute atomic E-state index is 0.134. The largest absolute Gasteiger partial charge is 0.383 e. The van der Waals surface area contributed by atoms with E-state index in [-0.39, 0.29) is 6.03 Å². The maximum Gasteiger partial charge on any atom is 0.316 e. The Morgan fingerprint density at radius 2 is 2.00 bits per heavy atom. The molecule has 0 heterocycles. The van der Waals surface area contributed by atoms with E-state index >= 15 is 0 Å². The molecular formula is C9H22N6O2. The molecule has 0 bridgehead atoms. The number of rotatable bonds is 6. The van der Waals surface area contributed by atoms with Crippen molar-refractivity contribution in [2.45, 2.75) is 0 Å². The first-order chi connectivity index (χ1) is 8.11. The summed E-state index contributed by atoms with van der Waals surface area (Å²) in [6.07, 6.45) is 0. The number of hydrazine groups is 1. The van der Waals surface area contributed by atoms with Crippen LogP contribution >= 0.6 is 0 Å². The highest BCUT2D eigenvalue weighted by atomic mass is 16.5.